The van der Waals surface area contributed by atoms with E-state index < -0.39 is 5.41 Å². The zero-order chi connectivity index (χ0) is 48.5. The van der Waals surface area contributed by atoms with Crippen LogP contribution >= 0.6 is 0 Å². The van der Waals surface area contributed by atoms with Crippen molar-refractivity contribution >= 4 is 54.1 Å². The second-order valence-electron chi connectivity index (χ2n) is 19.6. The molecule has 0 N–H and O–H groups in total. The Balaban J connectivity index is 0.987. The molecule has 1 atom stereocenters. The molecule has 2 aliphatic carbocycles. The maximum Gasteiger partial charge on any atom is 0.238 e. The van der Waals surface area contributed by atoms with E-state index in [1.165, 1.54) is 88.0 Å². The van der Waals surface area contributed by atoms with Gasteiger partial charge in [0.05, 0.1) is 22.1 Å². The molecule has 0 saturated heterocycles. The molecule has 0 radical (unpaired) electrons. The lowest BCUT2D eigenvalue weighted by Crippen LogP contribution is -2.26. The predicted octanol–water partition coefficient (Wildman–Crippen LogP) is 16.8. The Morgan fingerprint density at radius 3 is 1.61 bits per heavy atom. The van der Waals surface area contributed by atoms with Crippen molar-refractivity contribution in [3.05, 3.63) is 271 Å². The first-order chi connectivity index (χ1) is 36.7. The molecule has 74 heavy (non-hydrogen) atoms. The lowest BCUT2D eigenvalue weighted by Gasteiger charge is -2.30. The minimum atomic E-state index is -0.700. The van der Waals surface area contributed by atoms with Crippen LogP contribution < -0.4 is 0 Å². The molecule has 0 saturated carbocycles. The summed E-state index contributed by atoms with van der Waals surface area (Å²) in [6.45, 7) is 0. The number of aromatic nitrogens is 5. The molecule has 0 fully saturated rings. The molecular weight excluding hydrogens is 899 g/mol. The van der Waals surface area contributed by atoms with Crippen molar-refractivity contribution in [3.8, 4) is 73.4 Å². The maximum absolute atomic E-state index is 5.33. The molecule has 342 valence electrons. The van der Waals surface area contributed by atoms with E-state index in [0.717, 1.165) is 44.2 Å². The zero-order valence-electron chi connectivity index (χ0n) is 39.9. The van der Waals surface area contributed by atoms with Crippen LogP contribution in [0.1, 0.15) is 22.3 Å². The molecule has 5 heteroatoms. The molecule has 11 aromatic carbocycles. The third-order valence-electron chi connectivity index (χ3n) is 15.9. The first kappa shape index (κ1) is 40.8. The van der Waals surface area contributed by atoms with E-state index in [2.05, 4.69) is 211 Å². The number of rotatable bonds is 5. The Morgan fingerprint density at radius 1 is 0.311 bits per heavy atom. The number of nitrogens with zero attached hydrogens (tertiary/aromatic N) is 5. The molecule has 1 spiro atoms. The van der Waals surface area contributed by atoms with Gasteiger partial charge in [-0.1, -0.05) is 212 Å². The smallest absolute Gasteiger partial charge is 0.238 e. The summed E-state index contributed by atoms with van der Waals surface area (Å²) in [5.74, 6) is 1.80. The Bertz CT molecular complexity index is 4550. The highest BCUT2D eigenvalue weighted by Gasteiger charge is 2.52. The average molecular weight is 940 g/mol. The highest BCUT2D eigenvalue weighted by Crippen LogP contribution is 2.64. The van der Waals surface area contributed by atoms with Gasteiger partial charge in [-0.05, 0) is 118 Å². The topological polar surface area (TPSA) is 56.5 Å². The second-order valence-corrected chi connectivity index (χ2v) is 19.6. The van der Waals surface area contributed by atoms with E-state index in [9.17, 15) is 0 Å². The van der Waals surface area contributed by atoms with Gasteiger partial charge in [0.2, 0.25) is 5.95 Å². The Morgan fingerprint density at radius 2 is 0.878 bits per heavy atom. The van der Waals surface area contributed by atoms with Crippen molar-refractivity contribution < 1.29 is 0 Å². The van der Waals surface area contributed by atoms with Crippen molar-refractivity contribution in [2.75, 3.05) is 0 Å². The molecule has 3 heterocycles. The highest BCUT2D eigenvalue weighted by atomic mass is 15.2. The average Bonchev–Trinajstić information content (AvgIpc) is 4.07. The van der Waals surface area contributed by atoms with Crippen LogP contribution in [-0.4, -0.2) is 24.5 Å². The number of benzene rings is 11. The molecule has 0 amide bonds. The summed E-state index contributed by atoms with van der Waals surface area (Å²) in [7, 11) is 0. The maximum atomic E-state index is 5.33. The summed E-state index contributed by atoms with van der Waals surface area (Å²) in [5.41, 5.74) is 17.6. The third-order valence-corrected chi connectivity index (χ3v) is 15.9. The number of hydrogen-bond acceptors (Lipinski definition) is 4. The van der Waals surface area contributed by atoms with Gasteiger partial charge < -0.3 is 0 Å². The van der Waals surface area contributed by atoms with Crippen LogP contribution in [0.5, 0.6) is 0 Å². The summed E-state index contributed by atoms with van der Waals surface area (Å²) >= 11 is 0. The standard InChI is InChI=1S/C69H41N5/c1-3-20-43(21-4-1)66-71-67(44-22-5-2-6-23-44)73-68(72-66)74-61-35-16-14-27-48(61)56-40-55-47-26-13-15-33-57(47)69(60(55)41-62(56)74)58-34-18-38-70-65(58)54-37-36-45(39-59(54)69)63-50-28-9-11-30-52(50)64(53-31-12-10-29-51(53)63)49-32-17-24-42-19-7-8-25-46(42)49/h1-41H. The molecule has 0 bridgehead atoms. The number of hydrogen-bond donors (Lipinski definition) is 0. The monoisotopic (exact) mass is 939 g/mol. The summed E-state index contributed by atoms with van der Waals surface area (Å²) in [5, 5.41) is 9.65. The van der Waals surface area contributed by atoms with Crippen molar-refractivity contribution in [1.82, 2.24) is 24.5 Å². The fraction of sp³-hybridized carbons (Fsp3) is 0.0145. The highest BCUT2D eigenvalue weighted by molar-refractivity contribution is 6.24. The fourth-order valence-corrected chi connectivity index (χ4v) is 12.9. The first-order valence-electron chi connectivity index (χ1n) is 25.3. The normalized spacial score (nSPS) is 14.3. The van der Waals surface area contributed by atoms with Gasteiger partial charge in [0.15, 0.2) is 11.6 Å². The molecule has 0 aliphatic heterocycles. The van der Waals surface area contributed by atoms with Crippen LogP contribution in [0.3, 0.4) is 0 Å². The Labute approximate surface area is 426 Å². The van der Waals surface area contributed by atoms with Crippen LogP contribution in [0.15, 0.2) is 249 Å². The summed E-state index contributed by atoms with van der Waals surface area (Å²) in [6.07, 6.45) is 1.95. The molecule has 16 rings (SSSR count). The van der Waals surface area contributed by atoms with E-state index in [-0.39, 0.29) is 0 Å². The lowest BCUT2D eigenvalue weighted by atomic mass is 9.70. The quantitative estimate of drug-likeness (QED) is 0.161. The van der Waals surface area contributed by atoms with Crippen LogP contribution in [0.4, 0.5) is 0 Å². The van der Waals surface area contributed by atoms with Gasteiger partial charge in [-0.2, -0.15) is 9.97 Å². The molecule has 1 unspecified atom stereocenters. The van der Waals surface area contributed by atoms with Crippen LogP contribution in [0.25, 0.3) is 127 Å². The largest absolute Gasteiger partial charge is 0.278 e. The Kier molecular flexibility index (Phi) is 8.60. The van der Waals surface area contributed by atoms with E-state index in [4.69, 9.17) is 19.9 Å². The summed E-state index contributed by atoms with van der Waals surface area (Å²) in [6, 6.07) is 88.0. The van der Waals surface area contributed by atoms with E-state index in [0.29, 0.717) is 17.6 Å². The number of pyridine rings is 1. The minimum Gasteiger partial charge on any atom is -0.278 e. The number of para-hydroxylation sites is 1. The van der Waals surface area contributed by atoms with Gasteiger partial charge in [-0.25, -0.2) is 4.98 Å². The van der Waals surface area contributed by atoms with E-state index in [1.807, 2.05) is 42.6 Å². The summed E-state index contributed by atoms with van der Waals surface area (Å²) < 4.78 is 2.26. The van der Waals surface area contributed by atoms with Crippen LogP contribution in [0, 0.1) is 0 Å². The van der Waals surface area contributed by atoms with Gasteiger partial charge in [0, 0.05) is 33.7 Å². The van der Waals surface area contributed by atoms with Gasteiger partial charge >= 0.3 is 0 Å². The van der Waals surface area contributed by atoms with E-state index >= 15 is 0 Å². The molecule has 5 nitrogen and oxygen atoms in total. The lowest BCUT2D eigenvalue weighted by molar-refractivity contribution is 0.792. The predicted molar refractivity (Wildman–Crippen MR) is 303 cm³/mol. The van der Waals surface area contributed by atoms with Crippen molar-refractivity contribution in [2.45, 2.75) is 5.41 Å². The van der Waals surface area contributed by atoms with Crippen LogP contribution in [-0.2, 0) is 5.41 Å². The van der Waals surface area contributed by atoms with Crippen molar-refractivity contribution in [1.29, 1.82) is 0 Å². The number of fused-ring (bicyclic) bond motifs is 16. The third kappa shape index (κ3) is 5.63. The SMILES string of the molecule is c1ccc(-c2nc(-c3ccccc3)nc(-n3c4ccccc4c4cc5c(cc43)C3(c4ccccc4-5)c4cc(-c5c6ccccc6c(-c6cccc7ccccc67)c6ccccc56)ccc4-c4ncccc43)n2)cc1. The van der Waals surface area contributed by atoms with Crippen molar-refractivity contribution in [2.24, 2.45) is 0 Å². The summed E-state index contributed by atoms with van der Waals surface area (Å²) in [4.78, 5) is 21.0. The first-order valence-corrected chi connectivity index (χ1v) is 25.3. The van der Waals surface area contributed by atoms with Crippen LogP contribution in [0.2, 0.25) is 0 Å². The van der Waals surface area contributed by atoms with Gasteiger partial charge in [-0.15, -0.1) is 0 Å². The minimum absolute atomic E-state index is 0.565. The van der Waals surface area contributed by atoms with Gasteiger partial charge in [-0.3, -0.25) is 9.55 Å². The van der Waals surface area contributed by atoms with Gasteiger partial charge in [0.1, 0.15) is 0 Å². The second kappa shape index (κ2) is 15.6. The Hall–Kier alpha value is -9.84. The van der Waals surface area contributed by atoms with Gasteiger partial charge in [0.25, 0.3) is 0 Å². The molecular formula is C69H41N5. The van der Waals surface area contributed by atoms with Crippen molar-refractivity contribution in [3.63, 3.8) is 0 Å². The molecule has 14 aromatic rings. The fourth-order valence-electron chi connectivity index (χ4n) is 12.9. The molecule has 3 aromatic heterocycles. The zero-order valence-corrected chi connectivity index (χ0v) is 39.9. The van der Waals surface area contributed by atoms with E-state index in [1.54, 1.807) is 0 Å². The molecule has 2 aliphatic rings.